The lowest BCUT2D eigenvalue weighted by Crippen LogP contribution is -2.24. The summed E-state index contributed by atoms with van der Waals surface area (Å²) in [6.45, 7) is 0. The quantitative estimate of drug-likeness (QED) is 0.476. The van der Waals surface area contributed by atoms with Crippen molar-refractivity contribution in [3.8, 4) is 0 Å². The fourth-order valence-corrected chi connectivity index (χ4v) is 1.66. The molecule has 0 spiro atoms. The highest BCUT2D eigenvalue weighted by molar-refractivity contribution is 6.13. The molecule has 2 aromatic rings. The van der Waals surface area contributed by atoms with Crippen LogP contribution in [0.5, 0.6) is 0 Å². The van der Waals surface area contributed by atoms with E-state index in [2.05, 4.69) is 0 Å². The van der Waals surface area contributed by atoms with Gasteiger partial charge in [-0.15, -0.1) is 0 Å². The van der Waals surface area contributed by atoms with E-state index >= 15 is 0 Å². The summed E-state index contributed by atoms with van der Waals surface area (Å²) in [6.07, 6.45) is -5.22. The normalized spacial score (nSPS) is 13.9. The molecule has 2 aromatic carbocycles. The van der Waals surface area contributed by atoms with E-state index in [9.17, 15) is 23.1 Å². The minimum Gasteiger partial charge on any atom is -0.869 e. The van der Waals surface area contributed by atoms with Gasteiger partial charge in [-0.05, 0) is 22.6 Å². The van der Waals surface area contributed by atoms with Crippen LogP contribution in [0.1, 0.15) is 11.7 Å². The maximum absolute atomic E-state index is 12.2. The number of carbonyl (C=O) groups excluding carboxylic acids is 1. The summed E-state index contributed by atoms with van der Waals surface area (Å²) >= 11 is 0. The van der Waals surface area contributed by atoms with E-state index in [0.717, 1.165) is 0 Å². The fourth-order valence-electron chi connectivity index (χ4n) is 1.66. The Kier molecular flexibility index (Phi) is 2.95. The second kappa shape index (κ2) is 4.76. The maximum Gasteiger partial charge on any atom is 0.402 e. The Morgan fingerprint density at radius 3 is 2.47 bits per heavy atom. The number of hydrogen-bond donors (Lipinski definition) is 0. The molecule has 0 aromatic heterocycles. The molecule has 0 atom stereocenters. The molecule has 0 saturated heterocycles. The lowest BCUT2D eigenvalue weighted by molar-refractivity contribution is -0.360. The molecule has 0 aliphatic carbocycles. The Labute approximate surface area is 108 Å². The molecule has 0 amide bonds. The number of halogens is 3. The predicted molar refractivity (Wildman–Crippen MR) is 62.4 cm³/mol. The van der Waals surface area contributed by atoms with Crippen molar-refractivity contribution in [2.45, 2.75) is 6.18 Å². The zero-order chi connectivity index (χ0) is 14.9. The fraction of sp³-hybridized carbons (Fsp3) is 0.0714. The zero-order valence-corrected chi connectivity index (χ0v) is 9.49. The molecule has 0 aliphatic heterocycles. The Morgan fingerprint density at radius 1 is 1.16 bits per heavy atom. The lowest BCUT2D eigenvalue weighted by atomic mass is 10.0. The van der Waals surface area contributed by atoms with Crippen molar-refractivity contribution >= 4 is 16.6 Å². The van der Waals surface area contributed by atoms with Gasteiger partial charge < -0.3 is 5.11 Å². The first-order chi connectivity index (χ1) is 9.32. The van der Waals surface area contributed by atoms with Crippen molar-refractivity contribution in [2.75, 3.05) is 0 Å². The summed E-state index contributed by atoms with van der Waals surface area (Å²) in [5, 5.41) is 12.0. The van der Waals surface area contributed by atoms with E-state index in [-0.39, 0.29) is 5.56 Å². The number of hydrogen-bond acceptors (Lipinski definition) is 2. The average molecular weight is 266 g/mol. The molecule has 98 valence electrons. The zero-order valence-electron chi connectivity index (χ0n) is 10.5. The summed E-state index contributed by atoms with van der Waals surface area (Å²) in [6, 6.07) is 9.45. The summed E-state index contributed by atoms with van der Waals surface area (Å²) < 4.78 is 43.9. The Hall–Kier alpha value is -2.30. The van der Waals surface area contributed by atoms with Gasteiger partial charge >= 0.3 is 6.18 Å². The highest BCUT2D eigenvalue weighted by Crippen LogP contribution is 2.23. The van der Waals surface area contributed by atoms with E-state index in [4.69, 9.17) is 1.37 Å². The van der Waals surface area contributed by atoms with Crippen LogP contribution in [0.25, 0.3) is 10.8 Å². The van der Waals surface area contributed by atoms with Crippen LogP contribution in [-0.4, -0.2) is 12.0 Å². The third-order valence-corrected chi connectivity index (χ3v) is 2.52. The number of rotatable bonds is 2. The van der Waals surface area contributed by atoms with Crippen molar-refractivity contribution in [3.63, 3.8) is 0 Å². The highest BCUT2D eigenvalue weighted by atomic mass is 19.4. The Balaban J connectivity index is 2.58. The molecule has 0 bridgehead atoms. The first-order valence-electron chi connectivity index (χ1n) is 5.80. The molecule has 0 heterocycles. The van der Waals surface area contributed by atoms with Gasteiger partial charge in [-0.2, -0.15) is 13.2 Å². The van der Waals surface area contributed by atoms with Crippen LogP contribution >= 0.6 is 0 Å². The van der Waals surface area contributed by atoms with Gasteiger partial charge in [0.05, 0.1) is 1.37 Å². The van der Waals surface area contributed by atoms with Crippen molar-refractivity contribution < 1.29 is 24.4 Å². The largest absolute Gasteiger partial charge is 0.869 e. The van der Waals surface area contributed by atoms with E-state index in [1.54, 1.807) is 30.3 Å². The summed E-state index contributed by atoms with van der Waals surface area (Å²) in [5.74, 6) is -3.67. The molecule has 0 aliphatic rings. The number of fused-ring (bicyclic) bond motifs is 1. The standard InChI is InChI=1S/C14H9F3O2/c15-14(16,17)13(19)8-12(18)11-7-3-5-9-4-1-2-6-10(9)11/h1-8,19H/p-1/b13-8-/i8D. The molecule has 2 rings (SSSR count). The van der Waals surface area contributed by atoms with Crippen LogP contribution in [0.4, 0.5) is 13.2 Å². The first-order valence-corrected chi connectivity index (χ1v) is 5.30. The van der Waals surface area contributed by atoms with Crippen molar-refractivity contribution in [1.82, 2.24) is 0 Å². The lowest BCUT2D eigenvalue weighted by Gasteiger charge is -2.15. The maximum atomic E-state index is 12.2. The second-order valence-electron chi connectivity index (χ2n) is 3.81. The number of benzene rings is 2. The minimum absolute atomic E-state index is 0.0919. The highest BCUT2D eigenvalue weighted by Gasteiger charge is 2.26. The minimum atomic E-state index is -5.22. The van der Waals surface area contributed by atoms with Gasteiger partial charge in [-0.25, -0.2) is 0 Å². The van der Waals surface area contributed by atoms with Gasteiger partial charge in [0, 0.05) is 5.56 Å². The van der Waals surface area contributed by atoms with Crippen LogP contribution in [-0.2, 0) is 0 Å². The Bertz CT molecular complexity index is 700. The monoisotopic (exact) mass is 266 g/mol. The van der Waals surface area contributed by atoms with Crippen molar-refractivity contribution in [1.29, 1.82) is 0 Å². The van der Waals surface area contributed by atoms with Crippen LogP contribution in [0, 0.1) is 0 Å². The first kappa shape index (κ1) is 11.8. The molecule has 0 fully saturated rings. The average Bonchev–Trinajstić information content (AvgIpc) is 2.43. The van der Waals surface area contributed by atoms with Crippen molar-refractivity contribution in [2.24, 2.45) is 0 Å². The van der Waals surface area contributed by atoms with Crippen LogP contribution in [0.15, 0.2) is 54.3 Å². The molecule has 0 N–H and O–H groups in total. The van der Waals surface area contributed by atoms with Crippen LogP contribution in [0.2, 0.25) is 0 Å². The third-order valence-electron chi connectivity index (χ3n) is 2.52. The second-order valence-corrected chi connectivity index (χ2v) is 3.81. The predicted octanol–water partition coefficient (Wildman–Crippen LogP) is 2.83. The van der Waals surface area contributed by atoms with Gasteiger partial charge in [0.15, 0.2) is 5.78 Å². The van der Waals surface area contributed by atoms with E-state index in [0.29, 0.717) is 10.8 Å². The summed E-state index contributed by atoms with van der Waals surface area (Å²) in [5.41, 5.74) is -0.0919. The molecule has 0 radical (unpaired) electrons. The molecule has 19 heavy (non-hydrogen) atoms. The van der Waals surface area contributed by atoms with Crippen molar-refractivity contribution in [3.05, 3.63) is 59.8 Å². The molecule has 0 unspecified atom stereocenters. The molecule has 2 nitrogen and oxygen atoms in total. The van der Waals surface area contributed by atoms with Gasteiger partial charge in [0.2, 0.25) is 0 Å². The molecule has 5 heteroatoms. The van der Waals surface area contributed by atoms with Gasteiger partial charge in [0.1, 0.15) is 0 Å². The number of carbonyl (C=O) groups is 1. The van der Waals surface area contributed by atoms with Crippen LogP contribution in [0.3, 0.4) is 0 Å². The summed E-state index contributed by atoms with van der Waals surface area (Å²) in [4.78, 5) is 11.9. The van der Waals surface area contributed by atoms with Gasteiger partial charge in [-0.1, -0.05) is 42.5 Å². The third kappa shape index (κ3) is 2.76. The van der Waals surface area contributed by atoms with Gasteiger partial charge in [0.25, 0.3) is 0 Å². The number of ketones is 1. The number of allylic oxidation sites excluding steroid dienone is 2. The molecular weight excluding hydrogens is 257 g/mol. The molecule has 0 saturated carbocycles. The smallest absolute Gasteiger partial charge is 0.402 e. The van der Waals surface area contributed by atoms with E-state index < -0.39 is 23.8 Å². The van der Waals surface area contributed by atoms with E-state index in [1.807, 2.05) is 0 Å². The Morgan fingerprint density at radius 2 is 1.79 bits per heavy atom. The summed E-state index contributed by atoms with van der Waals surface area (Å²) in [7, 11) is 0. The number of alkyl halides is 3. The van der Waals surface area contributed by atoms with E-state index in [1.165, 1.54) is 12.1 Å². The van der Waals surface area contributed by atoms with Crippen LogP contribution < -0.4 is 5.11 Å². The topological polar surface area (TPSA) is 40.1 Å². The van der Waals surface area contributed by atoms with Gasteiger partial charge in [-0.3, -0.25) is 4.79 Å². The SMILES string of the molecule is [2H]/C(C(=O)c1cccc2ccccc12)=C(/[O-])C(F)(F)F. The molecular formula is C14H8F3O2-.